The second kappa shape index (κ2) is 4.59. The fourth-order valence-electron chi connectivity index (χ4n) is 2.60. The lowest BCUT2D eigenvalue weighted by Gasteiger charge is -2.46. The SMILES string of the molecule is CCCC1(O)CN(Cc2c(C)nn(C)c2Cl)C1. The minimum Gasteiger partial charge on any atom is -0.387 e. The molecule has 0 unspecified atom stereocenters. The molecule has 1 aliphatic rings. The van der Waals surface area contributed by atoms with E-state index in [0.717, 1.165) is 43.7 Å². The van der Waals surface area contributed by atoms with Gasteiger partial charge in [0.2, 0.25) is 0 Å². The first-order valence-corrected chi connectivity index (χ1v) is 6.45. The fraction of sp³-hybridized carbons (Fsp3) is 0.750. The molecule has 0 saturated carbocycles. The molecular formula is C12H20ClN3O. The van der Waals surface area contributed by atoms with Gasteiger partial charge in [-0.05, 0) is 13.3 Å². The van der Waals surface area contributed by atoms with Gasteiger partial charge in [-0.3, -0.25) is 9.58 Å². The second-order valence-corrected chi connectivity index (χ2v) is 5.46. The van der Waals surface area contributed by atoms with Gasteiger partial charge in [0.1, 0.15) is 5.15 Å². The zero-order valence-electron chi connectivity index (χ0n) is 10.7. The Hall–Kier alpha value is -0.580. The van der Waals surface area contributed by atoms with E-state index in [1.165, 1.54) is 0 Å². The van der Waals surface area contributed by atoms with Crippen molar-refractivity contribution in [3.63, 3.8) is 0 Å². The standard InChI is InChI=1S/C12H20ClN3O/c1-4-5-12(17)7-16(8-12)6-10-9(2)14-15(3)11(10)13/h17H,4-8H2,1-3H3. The number of aliphatic hydroxyl groups is 1. The van der Waals surface area contributed by atoms with Crippen LogP contribution in [0.2, 0.25) is 5.15 Å². The van der Waals surface area contributed by atoms with Gasteiger partial charge in [-0.15, -0.1) is 0 Å². The average Bonchev–Trinajstić information content (AvgIpc) is 2.43. The third-order valence-corrected chi connectivity index (χ3v) is 3.88. The number of likely N-dealkylation sites (tertiary alicyclic amines) is 1. The van der Waals surface area contributed by atoms with Crippen molar-refractivity contribution in [2.45, 2.75) is 38.8 Å². The summed E-state index contributed by atoms with van der Waals surface area (Å²) in [5.74, 6) is 0. The molecule has 2 heterocycles. The fourth-order valence-corrected chi connectivity index (χ4v) is 2.83. The lowest BCUT2D eigenvalue weighted by molar-refractivity contribution is -0.106. The number of halogens is 1. The van der Waals surface area contributed by atoms with Crippen LogP contribution < -0.4 is 0 Å². The van der Waals surface area contributed by atoms with E-state index in [-0.39, 0.29) is 0 Å². The predicted molar refractivity (Wildman–Crippen MR) is 68.1 cm³/mol. The molecule has 4 nitrogen and oxygen atoms in total. The number of β-amino-alcohol motifs (C(OH)–C–C–N with tert-alkyl or cyclic N) is 1. The number of rotatable bonds is 4. The lowest BCUT2D eigenvalue weighted by Crippen LogP contribution is -2.61. The summed E-state index contributed by atoms with van der Waals surface area (Å²) in [6.07, 6.45) is 1.90. The predicted octanol–water partition coefficient (Wildman–Crippen LogP) is 1.73. The van der Waals surface area contributed by atoms with Crippen LogP contribution in [0, 0.1) is 6.92 Å². The molecule has 2 rings (SSSR count). The summed E-state index contributed by atoms with van der Waals surface area (Å²) < 4.78 is 1.70. The highest BCUT2D eigenvalue weighted by Crippen LogP contribution is 2.29. The Labute approximate surface area is 107 Å². The third kappa shape index (κ3) is 2.49. The molecule has 96 valence electrons. The molecule has 0 spiro atoms. The normalized spacial score (nSPS) is 19.4. The summed E-state index contributed by atoms with van der Waals surface area (Å²) in [6.45, 7) is 6.34. The van der Waals surface area contributed by atoms with E-state index in [0.29, 0.717) is 5.15 Å². The molecule has 1 aromatic rings. The molecule has 1 fully saturated rings. The van der Waals surface area contributed by atoms with Crippen LogP contribution in [0.3, 0.4) is 0 Å². The number of aromatic nitrogens is 2. The van der Waals surface area contributed by atoms with Gasteiger partial charge in [-0.25, -0.2) is 0 Å². The van der Waals surface area contributed by atoms with Crippen LogP contribution in [-0.2, 0) is 13.6 Å². The monoisotopic (exact) mass is 257 g/mol. The number of hydrogen-bond donors (Lipinski definition) is 1. The van der Waals surface area contributed by atoms with Gasteiger partial charge >= 0.3 is 0 Å². The summed E-state index contributed by atoms with van der Waals surface area (Å²) >= 11 is 6.18. The van der Waals surface area contributed by atoms with Crippen LogP contribution in [0.1, 0.15) is 31.0 Å². The van der Waals surface area contributed by atoms with Crippen LogP contribution >= 0.6 is 11.6 Å². The first-order chi connectivity index (χ1) is 7.95. The van der Waals surface area contributed by atoms with Gasteiger partial charge in [-0.1, -0.05) is 24.9 Å². The Morgan fingerprint density at radius 1 is 1.47 bits per heavy atom. The van der Waals surface area contributed by atoms with Crippen molar-refractivity contribution in [1.82, 2.24) is 14.7 Å². The summed E-state index contributed by atoms with van der Waals surface area (Å²) in [5, 5.41) is 15.1. The minimum atomic E-state index is -0.475. The molecule has 17 heavy (non-hydrogen) atoms. The molecule has 5 heteroatoms. The van der Waals surface area contributed by atoms with Crippen molar-refractivity contribution < 1.29 is 5.11 Å². The summed E-state index contributed by atoms with van der Waals surface area (Å²) in [4.78, 5) is 2.21. The van der Waals surface area contributed by atoms with Gasteiger partial charge in [-0.2, -0.15) is 5.10 Å². The number of hydrogen-bond acceptors (Lipinski definition) is 3. The molecule has 1 aromatic heterocycles. The van der Waals surface area contributed by atoms with Crippen molar-refractivity contribution in [3.8, 4) is 0 Å². The number of aryl methyl sites for hydroxylation is 2. The van der Waals surface area contributed by atoms with Gasteiger partial charge in [0.25, 0.3) is 0 Å². The molecule has 1 saturated heterocycles. The second-order valence-electron chi connectivity index (χ2n) is 5.10. The molecule has 0 amide bonds. The topological polar surface area (TPSA) is 41.3 Å². The summed E-state index contributed by atoms with van der Waals surface area (Å²) in [7, 11) is 1.85. The molecule has 0 bridgehead atoms. The first-order valence-electron chi connectivity index (χ1n) is 6.08. The van der Waals surface area contributed by atoms with E-state index in [1.54, 1.807) is 4.68 Å². The van der Waals surface area contributed by atoms with Crippen molar-refractivity contribution in [2.75, 3.05) is 13.1 Å². The molecular weight excluding hydrogens is 238 g/mol. The maximum atomic E-state index is 10.1. The quantitative estimate of drug-likeness (QED) is 0.893. The molecule has 0 radical (unpaired) electrons. The highest BCUT2D eigenvalue weighted by atomic mass is 35.5. The van der Waals surface area contributed by atoms with E-state index >= 15 is 0 Å². The van der Waals surface area contributed by atoms with Crippen LogP contribution in [0.5, 0.6) is 0 Å². The van der Waals surface area contributed by atoms with Crippen LogP contribution in [-0.4, -0.2) is 38.5 Å². The minimum absolute atomic E-state index is 0.475. The van der Waals surface area contributed by atoms with Gasteiger partial charge in [0, 0.05) is 32.2 Å². The van der Waals surface area contributed by atoms with E-state index in [2.05, 4.69) is 16.9 Å². The molecule has 1 N–H and O–H groups in total. The van der Waals surface area contributed by atoms with Crippen LogP contribution in [0.25, 0.3) is 0 Å². The highest BCUT2D eigenvalue weighted by molar-refractivity contribution is 6.30. The van der Waals surface area contributed by atoms with Crippen molar-refractivity contribution >= 4 is 11.6 Å². The molecule has 0 aromatic carbocycles. The summed E-state index contributed by atoms with van der Waals surface area (Å²) in [6, 6.07) is 0. The Morgan fingerprint density at radius 2 is 2.12 bits per heavy atom. The zero-order chi connectivity index (χ0) is 12.6. The largest absolute Gasteiger partial charge is 0.387 e. The van der Waals surface area contributed by atoms with Gasteiger partial charge < -0.3 is 5.11 Å². The number of nitrogens with zero attached hydrogens (tertiary/aromatic N) is 3. The van der Waals surface area contributed by atoms with E-state index in [1.807, 2.05) is 14.0 Å². The summed E-state index contributed by atoms with van der Waals surface area (Å²) in [5.41, 5.74) is 1.58. The molecule has 0 aliphatic carbocycles. The van der Waals surface area contributed by atoms with Crippen LogP contribution in [0.4, 0.5) is 0 Å². The maximum absolute atomic E-state index is 10.1. The highest BCUT2D eigenvalue weighted by Gasteiger charge is 2.40. The third-order valence-electron chi connectivity index (χ3n) is 3.40. The van der Waals surface area contributed by atoms with Crippen molar-refractivity contribution in [2.24, 2.45) is 7.05 Å². The average molecular weight is 258 g/mol. The Morgan fingerprint density at radius 3 is 2.59 bits per heavy atom. The van der Waals surface area contributed by atoms with E-state index < -0.39 is 5.60 Å². The smallest absolute Gasteiger partial charge is 0.131 e. The van der Waals surface area contributed by atoms with E-state index in [9.17, 15) is 5.11 Å². The van der Waals surface area contributed by atoms with Crippen molar-refractivity contribution in [1.29, 1.82) is 0 Å². The Balaban J connectivity index is 1.96. The zero-order valence-corrected chi connectivity index (χ0v) is 11.5. The Bertz CT molecular complexity index is 410. The van der Waals surface area contributed by atoms with Gasteiger partial charge in [0.05, 0.1) is 11.3 Å². The van der Waals surface area contributed by atoms with Crippen LogP contribution in [0.15, 0.2) is 0 Å². The first kappa shape index (κ1) is 12.9. The van der Waals surface area contributed by atoms with Crippen molar-refractivity contribution in [3.05, 3.63) is 16.4 Å². The lowest BCUT2D eigenvalue weighted by atomic mass is 9.89. The molecule has 0 atom stereocenters. The maximum Gasteiger partial charge on any atom is 0.131 e. The Kier molecular flexibility index (Phi) is 3.48. The van der Waals surface area contributed by atoms with E-state index in [4.69, 9.17) is 11.6 Å². The van der Waals surface area contributed by atoms with Gasteiger partial charge in [0.15, 0.2) is 0 Å². The molecule has 1 aliphatic heterocycles.